The zero-order valence-electron chi connectivity index (χ0n) is 11.3. The van der Waals surface area contributed by atoms with Crippen LogP contribution in [0.4, 0.5) is 0 Å². The number of hydrogen-bond acceptors (Lipinski definition) is 3. The maximum Gasteiger partial charge on any atom is 0.0308 e. The van der Waals surface area contributed by atoms with Gasteiger partial charge in [0.1, 0.15) is 0 Å². The average molecular weight is 272 g/mol. The van der Waals surface area contributed by atoms with E-state index in [-0.39, 0.29) is 0 Å². The van der Waals surface area contributed by atoms with Crippen LogP contribution in [0, 0.1) is 0 Å². The number of rotatable bonds is 3. The van der Waals surface area contributed by atoms with Crippen LogP contribution in [0.1, 0.15) is 12.8 Å². The molecule has 19 heavy (non-hydrogen) atoms. The summed E-state index contributed by atoms with van der Waals surface area (Å²) in [5.74, 6) is 0. The lowest BCUT2D eigenvalue weighted by Gasteiger charge is -2.15. The summed E-state index contributed by atoms with van der Waals surface area (Å²) in [6.07, 6.45) is 11.2. The number of likely N-dealkylation sites (N-methyl/N-ethyl adjacent to an activating group) is 1. The molecule has 3 rings (SSSR count). The van der Waals surface area contributed by atoms with Gasteiger partial charge in [-0.3, -0.25) is 0 Å². The second-order valence-corrected chi connectivity index (χ2v) is 6.19. The Balaban J connectivity index is 1.87. The van der Waals surface area contributed by atoms with Crippen molar-refractivity contribution in [3.05, 3.63) is 40.8 Å². The Hall–Kier alpha value is -1.03. The molecule has 3 heteroatoms. The number of fused-ring (bicyclic) bond motifs is 1. The van der Waals surface area contributed by atoms with Gasteiger partial charge < -0.3 is 5.32 Å². The Bertz CT molecular complexity index is 591. The monoisotopic (exact) mass is 272 g/mol. The summed E-state index contributed by atoms with van der Waals surface area (Å²) >= 11 is 1.90. The van der Waals surface area contributed by atoms with Gasteiger partial charge in [-0.1, -0.05) is 36.4 Å². The number of hydrogen-bond donors (Lipinski definition) is 1. The molecule has 2 aliphatic rings. The number of nitrogens with one attached hydrogen (secondary N) is 1. The summed E-state index contributed by atoms with van der Waals surface area (Å²) < 4.78 is 2.47. The zero-order chi connectivity index (χ0) is 13.1. The van der Waals surface area contributed by atoms with Crippen LogP contribution >= 0.6 is 11.9 Å². The zero-order valence-corrected chi connectivity index (χ0v) is 12.1. The second-order valence-electron chi connectivity index (χ2n) is 5.05. The van der Waals surface area contributed by atoms with E-state index in [1.54, 1.807) is 0 Å². The smallest absolute Gasteiger partial charge is 0.0308 e. The van der Waals surface area contributed by atoms with Crippen molar-refractivity contribution in [1.82, 2.24) is 9.62 Å². The summed E-state index contributed by atoms with van der Waals surface area (Å²) in [6, 6.07) is 7.26. The van der Waals surface area contributed by atoms with E-state index in [0.717, 1.165) is 13.0 Å². The first-order valence-corrected chi connectivity index (χ1v) is 7.70. The van der Waals surface area contributed by atoms with Crippen LogP contribution in [-0.4, -0.2) is 30.5 Å². The third-order valence-corrected chi connectivity index (χ3v) is 4.90. The van der Waals surface area contributed by atoms with Crippen LogP contribution in [0.5, 0.6) is 0 Å². The highest BCUT2D eigenvalue weighted by atomic mass is 32.2. The standard InChI is InChI=1S/C16H20N2S/c1-17-14-10-11-18(12-14)19-16-9-5-7-13-6-3-2-4-8-15(13)16/h2,4-9,14,17H,3,10-12H2,1H3. The predicted molar refractivity (Wildman–Crippen MR) is 83.3 cm³/mol. The van der Waals surface area contributed by atoms with Crippen molar-refractivity contribution in [3.63, 3.8) is 0 Å². The third-order valence-electron chi connectivity index (χ3n) is 3.76. The molecule has 100 valence electrons. The molecule has 1 aliphatic heterocycles. The maximum atomic E-state index is 3.37. The Morgan fingerprint density at radius 1 is 1.37 bits per heavy atom. The topological polar surface area (TPSA) is 15.3 Å². The molecule has 2 nitrogen and oxygen atoms in total. The van der Waals surface area contributed by atoms with Crippen molar-refractivity contribution < 1.29 is 0 Å². The highest BCUT2D eigenvalue weighted by molar-refractivity contribution is 7.97. The van der Waals surface area contributed by atoms with Gasteiger partial charge in [0.25, 0.3) is 0 Å². The summed E-state index contributed by atoms with van der Waals surface area (Å²) in [6.45, 7) is 2.30. The minimum Gasteiger partial charge on any atom is -0.316 e. The molecular weight excluding hydrogens is 252 g/mol. The highest BCUT2D eigenvalue weighted by Crippen LogP contribution is 2.24. The molecule has 1 N–H and O–H groups in total. The Labute approximate surface area is 119 Å². The van der Waals surface area contributed by atoms with Gasteiger partial charge in [0.2, 0.25) is 0 Å². The Morgan fingerprint density at radius 2 is 2.32 bits per heavy atom. The lowest BCUT2D eigenvalue weighted by Crippen LogP contribution is -2.29. The second kappa shape index (κ2) is 5.95. The van der Waals surface area contributed by atoms with Gasteiger partial charge in [0, 0.05) is 24.0 Å². The lowest BCUT2D eigenvalue weighted by molar-refractivity contribution is 0.542. The molecule has 1 aromatic rings. The van der Waals surface area contributed by atoms with Crippen molar-refractivity contribution in [2.45, 2.75) is 23.8 Å². The van der Waals surface area contributed by atoms with E-state index < -0.39 is 0 Å². The summed E-state index contributed by atoms with van der Waals surface area (Å²) in [4.78, 5) is 1.37. The molecule has 0 spiro atoms. The first-order valence-electron chi connectivity index (χ1n) is 6.93. The van der Waals surface area contributed by atoms with E-state index >= 15 is 0 Å². The van der Waals surface area contributed by atoms with E-state index in [4.69, 9.17) is 0 Å². The predicted octanol–water partition coefficient (Wildman–Crippen LogP) is 1.51. The van der Waals surface area contributed by atoms with Gasteiger partial charge in [0.15, 0.2) is 0 Å². The minimum absolute atomic E-state index is 0.644. The normalized spacial score (nSPS) is 22.5. The van der Waals surface area contributed by atoms with Gasteiger partial charge in [-0.15, -0.1) is 0 Å². The van der Waals surface area contributed by atoms with Gasteiger partial charge >= 0.3 is 0 Å². The molecule has 0 aromatic heterocycles. The molecule has 0 saturated carbocycles. The fourth-order valence-corrected chi connectivity index (χ4v) is 3.77. The minimum atomic E-state index is 0.644. The SMILES string of the molecule is CNC1CCN(Sc2cccc3c2=CC=CCC=3)C1. The van der Waals surface area contributed by atoms with Gasteiger partial charge in [-0.25, -0.2) is 4.31 Å². The Morgan fingerprint density at radius 3 is 3.16 bits per heavy atom. The van der Waals surface area contributed by atoms with Crippen LogP contribution in [0.3, 0.4) is 0 Å². The molecular formula is C16H20N2S. The van der Waals surface area contributed by atoms with Crippen molar-refractivity contribution >= 4 is 24.1 Å². The van der Waals surface area contributed by atoms with E-state index in [9.17, 15) is 0 Å². The van der Waals surface area contributed by atoms with E-state index in [2.05, 4.69) is 59.2 Å². The first-order chi connectivity index (χ1) is 9.36. The lowest BCUT2D eigenvalue weighted by atomic mass is 10.2. The van der Waals surface area contributed by atoms with Crippen LogP contribution in [0.15, 0.2) is 35.2 Å². The van der Waals surface area contributed by atoms with E-state index in [0.29, 0.717) is 6.04 Å². The highest BCUT2D eigenvalue weighted by Gasteiger charge is 2.21. The molecule has 1 aromatic carbocycles. The number of benzene rings is 1. The van der Waals surface area contributed by atoms with Crippen molar-refractivity contribution in [1.29, 1.82) is 0 Å². The number of allylic oxidation sites excluding steroid dienone is 2. The van der Waals surface area contributed by atoms with Gasteiger partial charge in [0.05, 0.1) is 0 Å². The van der Waals surface area contributed by atoms with Gasteiger partial charge in [-0.05, 0) is 48.3 Å². The van der Waals surface area contributed by atoms with Crippen molar-refractivity contribution in [3.8, 4) is 0 Å². The Kier molecular flexibility index (Phi) is 4.06. The molecule has 1 aliphatic carbocycles. The molecule has 1 saturated heterocycles. The molecule has 0 amide bonds. The van der Waals surface area contributed by atoms with Crippen LogP contribution in [-0.2, 0) is 0 Å². The molecule has 1 atom stereocenters. The third kappa shape index (κ3) is 2.94. The summed E-state index contributed by atoms with van der Waals surface area (Å²) in [5, 5.41) is 6.10. The quantitative estimate of drug-likeness (QED) is 0.840. The van der Waals surface area contributed by atoms with E-state index in [1.807, 2.05) is 11.9 Å². The molecule has 1 fully saturated rings. The largest absolute Gasteiger partial charge is 0.316 e. The molecule has 0 bridgehead atoms. The summed E-state index contributed by atoms with van der Waals surface area (Å²) in [5.41, 5.74) is 0. The van der Waals surface area contributed by atoms with Gasteiger partial charge in [-0.2, -0.15) is 0 Å². The van der Waals surface area contributed by atoms with Crippen LogP contribution in [0.2, 0.25) is 0 Å². The molecule has 1 heterocycles. The fraction of sp³-hybridized carbons (Fsp3) is 0.375. The maximum absolute atomic E-state index is 3.37. The van der Waals surface area contributed by atoms with Crippen molar-refractivity contribution in [2.75, 3.05) is 20.1 Å². The number of nitrogens with zero attached hydrogens (tertiary/aromatic N) is 1. The molecule has 0 radical (unpaired) electrons. The van der Waals surface area contributed by atoms with Crippen molar-refractivity contribution in [2.24, 2.45) is 0 Å². The molecule has 1 unspecified atom stereocenters. The average Bonchev–Trinajstić information content (AvgIpc) is 2.74. The first kappa shape index (κ1) is 13.0. The summed E-state index contributed by atoms with van der Waals surface area (Å²) in [7, 11) is 2.06. The van der Waals surface area contributed by atoms with E-state index in [1.165, 1.54) is 28.3 Å². The van der Waals surface area contributed by atoms with Crippen LogP contribution < -0.4 is 15.8 Å². The fourth-order valence-electron chi connectivity index (χ4n) is 2.62. The van der Waals surface area contributed by atoms with Crippen LogP contribution in [0.25, 0.3) is 12.2 Å².